The number of morpholine rings is 1. The van der Waals surface area contributed by atoms with Crippen LogP contribution < -0.4 is 10.1 Å². The van der Waals surface area contributed by atoms with E-state index in [1.165, 1.54) is 0 Å². The third-order valence-electron chi connectivity index (χ3n) is 5.16. The van der Waals surface area contributed by atoms with Crippen molar-refractivity contribution in [3.05, 3.63) is 66.1 Å². The Hall–Kier alpha value is -2.83. The van der Waals surface area contributed by atoms with Gasteiger partial charge in [0.1, 0.15) is 17.3 Å². The molecule has 6 nitrogen and oxygen atoms in total. The Kier molecular flexibility index (Phi) is 6.12. The maximum Gasteiger partial charge on any atom is 0.258 e. The van der Waals surface area contributed by atoms with Crippen molar-refractivity contribution in [1.29, 1.82) is 0 Å². The van der Waals surface area contributed by atoms with Gasteiger partial charge in [-0.3, -0.25) is 9.69 Å². The summed E-state index contributed by atoms with van der Waals surface area (Å²) in [4.78, 5) is 14.7. The molecular formula is C23H26N2O4. The summed E-state index contributed by atoms with van der Waals surface area (Å²) in [6.07, 6.45) is 0. The maximum atomic E-state index is 12.4. The fourth-order valence-electron chi connectivity index (χ4n) is 3.60. The van der Waals surface area contributed by atoms with Gasteiger partial charge in [-0.05, 0) is 42.0 Å². The summed E-state index contributed by atoms with van der Waals surface area (Å²) in [7, 11) is 0. The molecule has 0 aliphatic carbocycles. The van der Waals surface area contributed by atoms with E-state index in [0.29, 0.717) is 25.5 Å². The minimum Gasteiger partial charge on any atom is -0.484 e. The number of hydrogen-bond acceptors (Lipinski definition) is 5. The first-order chi connectivity index (χ1) is 14.2. The summed E-state index contributed by atoms with van der Waals surface area (Å²) < 4.78 is 17.0. The number of rotatable bonds is 7. The van der Waals surface area contributed by atoms with Crippen LogP contribution >= 0.6 is 0 Å². The summed E-state index contributed by atoms with van der Waals surface area (Å²) in [6.45, 7) is 5.38. The molecule has 0 radical (unpaired) electrons. The molecule has 29 heavy (non-hydrogen) atoms. The predicted molar refractivity (Wildman–Crippen MR) is 111 cm³/mol. The molecule has 1 unspecified atom stereocenters. The molecule has 0 saturated carbocycles. The molecule has 2 heterocycles. The number of hydrogen-bond donors (Lipinski definition) is 1. The normalized spacial score (nSPS) is 15.9. The maximum absolute atomic E-state index is 12.4. The highest BCUT2D eigenvalue weighted by molar-refractivity contribution is 5.84. The molecule has 1 atom stereocenters. The minimum atomic E-state index is -0.153. The fourth-order valence-corrected chi connectivity index (χ4v) is 3.60. The van der Waals surface area contributed by atoms with Crippen molar-refractivity contribution in [2.45, 2.75) is 13.0 Å². The third kappa shape index (κ3) is 4.96. The van der Waals surface area contributed by atoms with Crippen LogP contribution in [0, 0.1) is 6.92 Å². The average Bonchev–Trinajstić information content (AvgIpc) is 3.19. The molecule has 3 aromatic rings. The molecule has 1 fully saturated rings. The SMILES string of the molecule is Cc1ccc(C(CNC(=O)COc2ccc3ccccc3c2)N2CCOCC2)o1. The summed E-state index contributed by atoms with van der Waals surface area (Å²) >= 11 is 0. The van der Waals surface area contributed by atoms with Crippen molar-refractivity contribution in [2.75, 3.05) is 39.5 Å². The molecular weight excluding hydrogens is 368 g/mol. The fraction of sp³-hybridized carbons (Fsp3) is 0.348. The lowest BCUT2D eigenvalue weighted by Crippen LogP contribution is -2.44. The molecule has 4 rings (SSSR count). The lowest BCUT2D eigenvalue weighted by Gasteiger charge is -2.33. The topological polar surface area (TPSA) is 63.9 Å². The number of carbonyl (C=O) groups is 1. The Morgan fingerprint density at radius 2 is 1.90 bits per heavy atom. The van der Waals surface area contributed by atoms with Crippen LogP contribution in [-0.4, -0.2) is 50.3 Å². The number of ether oxygens (including phenoxy) is 2. The van der Waals surface area contributed by atoms with E-state index in [2.05, 4.69) is 10.2 Å². The summed E-state index contributed by atoms with van der Waals surface area (Å²) in [5.41, 5.74) is 0. The van der Waals surface area contributed by atoms with Gasteiger partial charge in [0.05, 0.1) is 19.3 Å². The lowest BCUT2D eigenvalue weighted by molar-refractivity contribution is -0.123. The van der Waals surface area contributed by atoms with E-state index in [1.54, 1.807) is 0 Å². The van der Waals surface area contributed by atoms with E-state index in [1.807, 2.05) is 61.5 Å². The molecule has 1 aromatic heterocycles. The molecule has 0 bridgehead atoms. The van der Waals surface area contributed by atoms with Crippen molar-refractivity contribution < 1.29 is 18.7 Å². The van der Waals surface area contributed by atoms with Crippen LogP contribution in [0.5, 0.6) is 5.75 Å². The van der Waals surface area contributed by atoms with E-state index in [0.717, 1.165) is 35.4 Å². The van der Waals surface area contributed by atoms with Gasteiger partial charge < -0.3 is 19.2 Å². The predicted octanol–water partition coefficient (Wildman–Crippen LogP) is 3.31. The van der Waals surface area contributed by atoms with Crippen LogP contribution in [0.3, 0.4) is 0 Å². The van der Waals surface area contributed by atoms with Crippen LogP contribution in [0.15, 0.2) is 59.0 Å². The average molecular weight is 394 g/mol. The first-order valence-corrected chi connectivity index (χ1v) is 9.95. The smallest absolute Gasteiger partial charge is 0.258 e. The summed E-state index contributed by atoms with van der Waals surface area (Å²) in [5.74, 6) is 2.26. The number of carbonyl (C=O) groups excluding carboxylic acids is 1. The number of benzene rings is 2. The Morgan fingerprint density at radius 3 is 2.66 bits per heavy atom. The van der Waals surface area contributed by atoms with Crippen LogP contribution in [0.25, 0.3) is 10.8 Å². The second kappa shape index (κ2) is 9.11. The van der Waals surface area contributed by atoms with Gasteiger partial charge >= 0.3 is 0 Å². The number of nitrogens with one attached hydrogen (secondary N) is 1. The highest BCUT2D eigenvalue weighted by atomic mass is 16.5. The van der Waals surface area contributed by atoms with Crippen LogP contribution in [0.2, 0.25) is 0 Å². The van der Waals surface area contributed by atoms with Gasteiger partial charge in [-0.1, -0.05) is 30.3 Å². The summed E-state index contributed by atoms with van der Waals surface area (Å²) in [5, 5.41) is 5.22. The molecule has 1 aliphatic heterocycles. The number of amides is 1. The number of nitrogens with zero attached hydrogens (tertiary/aromatic N) is 1. The van der Waals surface area contributed by atoms with E-state index in [4.69, 9.17) is 13.9 Å². The largest absolute Gasteiger partial charge is 0.484 e. The zero-order valence-corrected chi connectivity index (χ0v) is 16.6. The lowest BCUT2D eigenvalue weighted by atomic mass is 10.1. The van der Waals surface area contributed by atoms with Gasteiger partial charge in [0, 0.05) is 19.6 Å². The van der Waals surface area contributed by atoms with E-state index in [9.17, 15) is 4.79 Å². The second-order valence-corrected chi connectivity index (χ2v) is 7.21. The third-order valence-corrected chi connectivity index (χ3v) is 5.16. The highest BCUT2D eigenvalue weighted by Gasteiger charge is 2.25. The van der Waals surface area contributed by atoms with Crippen LogP contribution in [0.4, 0.5) is 0 Å². The molecule has 152 valence electrons. The van der Waals surface area contributed by atoms with Crippen molar-refractivity contribution >= 4 is 16.7 Å². The molecule has 1 amide bonds. The standard InChI is InChI=1S/C23H26N2O4/c1-17-6-9-22(29-17)21(25-10-12-27-13-11-25)15-24-23(26)16-28-20-8-7-18-4-2-3-5-19(18)14-20/h2-9,14,21H,10-13,15-16H2,1H3,(H,24,26). The van der Waals surface area contributed by atoms with E-state index < -0.39 is 0 Å². The number of aryl methyl sites for hydroxylation is 1. The van der Waals surface area contributed by atoms with Gasteiger partial charge in [-0.2, -0.15) is 0 Å². The van der Waals surface area contributed by atoms with Gasteiger partial charge in [-0.15, -0.1) is 0 Å². The van der Waals surface area contributed by atoms with Crippen molar-refractivity contribution in [3.63, 3.8) is 0 Å². The van der Waals surface area contributed by atoms with Crippen molar-refractivity contribution in [2.24, 2.45) is 0 Å². The Bertz CT molecular complexity index is 962. The van der Waals surface area contributed by atoms with Gasteiger partial charge in [0.15, 0.2) is 6.61 Å². The monoisotopic (exact) mass is 394 g/mol. The minimum absolute atomic E-state index is 0.0165. The van der Waals surface area contributed by atoms with Gasteiger partial charge in [0.2, 0.25) is 0 Å². The highest BCUT2D eigenvalue weighted by Crippen LogP contribution is 2.23. The zero-order valence-electron chi connectivity index (χ0n) is 16.6. The van der Waals surface area contributed by atoms with Crippen LogP contribution in [-0.2, 0) is 9.53 Å². The molecule has 2 aromatic carbocycles. The number of fused-ring (bicyclic) bond motifs is 1. The van der Waals surface area contributed by atoms with Crippen molar-refractivity contribution in [3.8, 4) is 5.75 Å². The number of furan rings is 1. The molecule has 1 saturated heterocycles. The van der Waals surface area contributed by atoms with E-state index in [-0.39, 0.29) is 18.6 Å². The van der Waals surface area contributed by atoms with Crippen molar-refractivity contribution in [1.82, 2.24) is 10.2 Å². The summed E-state index contributed by atoms with van der Waals surface area (Å²) in [6, 6.07) is 17.8. The Balaban J connectivity index is 1.34. The second-order valence-electron chi connectivity index (χ2n) is 7.21. The molecule has 6 heteroatoms. The molecule has 1 aliphatic rings. The Labute approximate surface area is 170 Å². The molecule has 1 N–H and O–H groups in total. The Morgan fingerprint density at radius 1 is 1.10 bits per heavy atom. The van der Waals surface area contributed by atoms with Crippen LogP contribution in [0.1, 0.15) is 17.6 Å². The van der Waals surface area contributed by atoms with E-state index >= 15 is 0 Å². The van der Waals surface area contributed by atoms with Gasteiger partial charge in [-0.25, -0.2) is 0 Å². The zero-order chi connectivity index (χ0) is 20.1. The first kappa shape index (κ1) is 19.5. The molecule has 0 spiro atoms. The first-order valence-electron chi connectivity index (χ1n) is 9.95. The quantitative estimate of drug-likeness (QED) is 0.666. The van der Waals surface area contributed by atoms with Gasteiger partial charge in [0.25, 0.3) is 5.91 Å².